The first-order chi connectivity index (χ1) is 10.1. The fraction of sp³-hybridized carbons (Fsp3) is 0.0625. The number of H-pyrrole nitrogens is 1. The summed E-state index contributed by atoms with van der Waals surface area (Å²) < 4.78 is 15.1. The van der Waals surface area contributed by atoms with Gasteiger partial charge in [0, 0.05) is 5.56 Å². The van der Waals surface area contributed by atoms with Crippen LogP contribution in [-0.4, -0.2) is 9.78 Å². The summed E-state index contributed by atoms with van der Waals surface area (Å²) in [7, 11) is 0. The molecule has 0 unspecified atom stereocenters. The second-order valence-electron chi connectivity index (χ2n) is 4.69. The molecule has 0 aliphatic heterocycles. The lowest BCUT2D eigenvalue weighted by molar-refractivity contribution is 0.608. The van der Waals surface area contributed by atoms with Crippen molar-refractivity contribution in [2.24, 2.45) is 0 Å². The highest BCUT2D eigenvalue weighted by Gasteiger charge is 2.17. The van der Waals surface area contributed by atoms with Gasteiger partial charge in [0.15, 0.2) is 0 Å². The lowest BCUT2D eigenvalue weighted by Gasteiger charge is -2.06. The average Bonchev–Trinajstić information content (AvgIpc) is 2.77. The Bertz CT molecular complexity index is 832. The van der Waals surface area contributed by atoms with Gasteiger partial charge in [-0.3, -0.25) is 9.89 Å². The molecular weight excluding hydrogens is 291 g/mol. The van der Waals surface area contributed by atoms with Gasteiger partial charge in [0.05, 0.1) is 10.7 Å². The van der Waals surface area contributed by atoms with Crippen molar-refractivity contribution in [3.05, 3.63) is 75.3 Å². The highest BCUT2D eigenvalue weighted by atomic mass is 35.5. The largest absolute Gasteiger partial charge is 0.290 e. The average molecular weight is 303 g/mol. The maximum Gasteiger partial charge on any atom is 0.274 e. The number of benzene rings is 2. The Hall–Kier alpha value is -2.33. The van der Waals surface area contributed by atoms with Crippen LogP contribution in [0.2, 0.25) is 5.02 Å². The minimum Gasteiger partial charge on any atom is -0.290 e. The minimum atomic E-state index is -0.550. The van der Waals surface area contributed by atoms with Gasteiger partial charge in [-0.25, -0.2) is 9.07 Å². The standard InChI is InChI=1S/C16H12ClFN2O/c1-10-14(11-6-3-2-4-7-11)19-20(16(10)21)15-12(17)8-5-9-13(15)18/h2-9,19H,1H3. The number of hydrogen-bond acceptors (Lipinski definition) is 1. The molecule has 106 valence electrons. The van der Waals surface area contributed by atoms with E-state index in [1.165, 1.54) is 12.1 Å². The van der Waals surface area contributed by atoms with Gasteiger partial charge in [0.25, 0.3) is 5.56 Å². The van der Waals surface area contributed by atoms with Gasteiger partial charge in [0.1, 0.15) is 11.5 Å². The van der Waals surface area contributed by atoms with E-state index in [2.05, 4.69) is 5.10 Å². The third kappa shape index (κ3) is 2.28. The first kappa shape index (κ1) is 13.6. The Morgan fingerprint density at radius 2 is 1.81 bits per heavy atom. The highest BCUT2D eigenvalue weighted by molar-refractivity contribution is 6.32. The monoisotopic (exact) mass is 302 g/mol. The molecule has 1 N–H and O–H groups in total. The van der Waals surface area contributed by atoms with Crippen LogP contribution in [0.15, 0.2) is 53.3 Å². The molecule has 1 heterocycles. The van der Waals surface area contributed by atoms with E-state index in [1.807, 2.05) is 30.3 Å². The molecule has 0 fully saturated rings. The Morgan fingerprint density at radius 1 is 1.10 bits per heavy atom. The smallest absolute Gasteiger partial charge is 0.274 e. The summed E-state index contributed by atoms with van der Waals surface area (Å²) in [5.41, 5.74) is 1.74. The van der Waals surface area contributed by atoms with Crippen molar-refractivity contribution in [2.45, 2.75) is 6.92 Å². The van der Waals surface area contributed by atoms with Crippen LogP contribution in [-0.2, 0) is 0 Å². The van der Waals surface area contributed by atoms with Crippen LogP contribution in [0.5, 0.6) is 0 Å². The molecule has 0 radical (unpaired) electrons. The summed E-state index contributed by atoms with van der Waals surface area (Å²) in [6, 6.07) is 13.7. The van der Waals surface area contributed by atoms with E-state index in [9.17, 15) is 9.18 Å². The molecule has 2 aromatic carbocycles. The van der Waals surface area contributed by atoms with E-state index >= 15 is 0 Å². The predicted octanol–water partition coefficient (Wildman–Crippen LogP) is 3.93. The molecular formula is C16H12ClFN2O. The van der Waals surface area contributed by atoms with Crippen molar-refractivity contribution in [2.75, 3.05) is 0 Å². The molecule has 3 nitrogen and oxygen atoms in total. The number of para-hydroxylation sites is 1. The fourth-order valence-corrected chi connectivity index (χ4v) is 2.51. The summed E-state index contributed by atoms with van der Waals surface area (Å²) in [5, 5.41) is 3.12. The fourth-order valence-electron chi connectivity index (χ4n) is 2.27. The van der Waals surface area contributed by atoms with Crippen LogP contribution in [0.25, 0.3) is 16.9 Å². The lowest BCUT2D eigenvalue weighted by Crippen LogP contribution is -2.17. The number of rotatable bonds is 2. The van der Waals surface area contributed by atoms with Gasteiger partial charge in [-0.05, 0) is 24.6 Å². The van der Waals surface area contributed by atoms with E-state index in [0.29, 0.717) is 11.3 Å². The third-order valence-electron chi connectivity index (χ3n) is 3.35. The van der Waals surface area contributed by atoms with Crippen LogP contribution in [0, 0.1) is 12.7 Å². The van der Waals surface area contributed by atoms with E-state index in [0.717, 1.165) is 10.2 Å². The zero-order valence-electron chi connectivity index (χ0n) is 11.2. The van der Waals surface area contributed by atoms with E-state index in [4.69, 9.17) is 11.6 Å². The van der Waals surface area contributed by atoms with Gasteiger partial charge in [0.2, 0.25) is 0 Å². The molecule has 0 aliphatic rings. The summed E-state index contributed by atoms with van der Waals surface area (Å²) in [6.45, 7) is 1.70. The van der Waals surface area contributed by atoms with E-state index in [-0.39, 0.29) is 16.3 Å². The number of nitrogens with zero attached hydrogens (tertiary/aromatic N) is 1. The normalized spacial score (nSPS) is 10.8. The first-order valence-electron chi connectivity index (χ1n) is 6.41. The van der Waals surface area contributed by atoms with Crippen LogP contribution in [0.3, 0.4) is 0 Å². The highest BCUT2D eigenvalue weighted by Crippen LogP contribution is 2.24. The van der Waals surface area contributed by atoms with Gasteiger partial charge in [-0.2, -0.15) is 0 Å². The first-order valence-corrected chi connectivity index (χ1v) is 6.79. The zero-order valence-corrected chi connectivity index (χ0v) is 12.0. The van der Waals surface area contributed by atoms with Crippen LogP contribution in [0.1, 0.15) is 5.56 Å². The Labute approximate surface area is 125 Å². The molecule has 1 aromatic heterocycles. The van der Waals surface area contributed by atoms with Crippen molar-refractivity contribution < 1.29 is 4.39 Å². The van der Waals surface area contributed by atoms with Gasteiger partial charge < -0.3 is 0 Å². The molecule has 3 aromatic rings. The molecule has 3 rings (SSSR count). The molecule has 0 atom stereocenters. The van der Waals surface area contributed by atoms with Crippen molar-refractivity contribution in [1.29, 1.82) is 0 Å². The van der Waals surface area contributed by atoms with Crippen LogP contribution in [0.4, 0.5) is 4.39 Å². The second-order valence-corrected chi connectivity index (χ2v) is 5.10. The van der Waals surface area contributed by atoms with E-state index in [1.54, 1.807) is 13.0 Å². The molecule has 0 bridgehead atoms. The Balaban J connectivity index is 2.26. The van der Waals surface area contributed by atoms with Crippen molar-refractivity contribution >= 4 is 11.6 Å². The van der Waals surface area contributed by atoms with Crippen LogP contribution >= 0.6 is 11.6 Å². The Morgan fingerprint density at radius 3 is 2.48 bits per heavy atom. The molecule has 0 aliphatic carbocycles. The van der Waals surface area contributed by atoms with Gasteiger partial charge in [-0.15, -0.1) is 0 Å². The maximum atomic E-state index is 14.0. The molecule has 0 spiro atoms. The molecule has 0 amide bonds. The minimum absolute atomic E-state index is 0.0365. The summed E-state index contributed by atoms with van der Waals surface area (Å²) >= 11 is 6.02. The lowest BCUT2D eigenvalue weighted by atomic mass is 10.1. The predicted molar refractivity (Wildman–Crippen MR) is 81.5 cm³/mol. The number of aromatic nitrogens is 2. The summed E-state index contributed by atoms with van der Waals surface area (Å²) in [4.78, 5) is 12.4. The summed E-state index contributed by atoms with van der Waals surface area (Å²) in [5.74, 6) is -0.550. The number of nitrogens with one attached hydrogen (secondary N) is 1. The van der Waals surface area contributed by atoms with E-state index < -0.39 is 5.82 Å². The van der Waals surface area contributed by atoms with Gasteiger partial charge >= 0.3 is 0 Å². The maximum absolute atomic E-state index is 14.0. The summed E-state index contributed by atoms with van der Waals surface area (Å²) in [6.07, 6.45) is 0. The SMILES string of the molecule is Cc1c(-c2ccccc2)[nH]n(-c2c(F)cccc2Cl)c1=O. The van der Waals surface area contributed by atoms with Crippen molar-refractivity contribution in [1.82, 2.24) is 9.78 Å². The number of hydrogen-bond donors (Lipinski definition) is 1. The molecule has 0 saturated heterocycles. The van der Waals surface area contributed by atoms with Crippen molar-refractivity contribution in [3.8, 4) is 16.9 Å². The number of halogens is 2. The second kappa shape index (κ2) is 5.22. The third-order valence-corrected chi connectivity index (χ3v) is 3.65. The van der Waals surface area contributed by atoms with Crippen LogP contribution < -0.4 is 5.56 Å². The quantitative estimate of drug-likeness (QED) is 0.765. The molecule has 0 saturated carbocycles. The number of aromatic amines is 1. The molecule has 21 heavy (non-hydrogen) atoms. The van der Waals surface area contributed by atoms with Gasteiger partial charge in [-0.1, -0.05) is 48.0 Å². The zero-order chi connectivity index (χ0) is 15.0. The Kier molecular flexibility index (Phi) is 3.39. The van der Waals surface area contributed by atoms with Crippen molar-refractivity contribution in [3.63, 3.8) is 0 Å². The topological polar surface area (TPSA) is 37.8 Å². The molecule has 5 heteroatoms.